The van der Waals surface area contributed by atoms with Crippen LogP contribution in [0.15, 0.2) is 12.1 Å². The average molecular weight is 152 g/mol. The van der Waals surface area contributed by atoms with E-state index >= 15 is 0 Å². The summed E-state index contributed by atoms with van der Waals surface area (Å²) < 4.78 is 9.99. The van der Waals surface area contributed by atoms with Crippen LogP contribution in [0.4, 0.5) is 0 Å². The molecule has 1 rings (SSSR count). The summed E-state index contributed by atoms with van der Waals surface area (Å²) in [5, 5.41) is 0. The molecule has 3 heteroatoms. The highest BCUT2D eigenvalue weighted by atomic mass is 16.5. The van der Waals surface area contributed by atoms with E-state index in [1.165, 1.54) is 0 Å². The number of pyridine rings is 1. The lowest BCUT2D eigenvalue weighted by Crippen LogP contribution is -1.95. The fraction of sp³-hybridized carbons (Fsp3) is 0.375. The van der Waals surface area contributed by atoms with Crippen molar-refractivity contribution in [2.24, 2.45) is 0 Å². The second-order valence-corrected chi connectivity index (χ2v) is 1.87. The molecule has 0 amide bonds. The van der Waals surface area contributed by atoms with E-state index in [0.29, 0.717) is 18.4 Å². The quantitative estimate of drug-likeness (QED) is 0.654. The fourth-order valence-corrected chi connectivity index (χ4v) is 0.687. The van der Waals surface area contributed by atoms with Crippen LogP contribution in [0.25, 0.3) is 0 Å². The minimum atomic E-state index is 0.455. The summed E-state index contributed by atoms with van der Waals surface area (Å²) in [6.07, 6.45) is 0. The molecular weight excluding hydrogens is 142 g/mol. The summed E-state index contributed by atoms with van der Waals surface area (Å²) in [5.74, 6) is 1.03. The Balaban J connectivity index is 2.74. The number of ether oxygens (including phenoxy) is 2. The highest BCUT2D eigenvalue weighted by Crippen LogP contribution is 2.11. The zero-order chi connectivity index (χ0) is 8.10. The smallest absolute Gasteiger partial charge is 0.224 e. The van der Waals surface area contributed by atoms with Crippen molar-refractivity contribution in [3.05, 3.63) is 18.2 Å². The van der Waals surface area contributed by atoms with Crippen LogP contribution in [-0.4, -0.2) is 18.7 Å². The first kappa shape index (κ1) is 7.85. The highest BCUT2D eigenvalue weighted by molar-refractivity contribution is 5.17. The molecule has 0 saturated heterocycles. The lowest BCUT2D eigenvalue weighted by Gasteiger charge is -2.02. The van der Waals surface area contributed by atoms with Gasteiger partial charge in [0.1, 0.15) is 0 Å². The zero-order valence-electron chi connectivity index (χ0n) is 6.63. The first-order chi connectivity index (χ1) is 5.36. The van der Waals surface area contributed by atoms with Crippen LogP contribution in [0.5, 0.6) is 11.8 Å². The summed E-state index contributed by atoms with van der Waals surface area (Å²) in [5.41, 5.74) is 0. The Morgan fingerprint density at radius 3 is 3.09 bits per heavy atom. The summed E-state index contributed by atoms with van der Waals surface area (Å²) >= 11 is 0. The largest absolute Gasteiger partial charge is 0.480 e. The van der Waals surface area contributed by atoms with Crippen LogP contribution >= 0.6 is 0 Å². The standard InChI is InChI=1S/C8H10NO2/c1-3-11-8-6-4-5-7(9-8)10-2/h4,6H,3H2,1-2H3. The Labute approximate surface area is 66.0 Å². The van der Waals surface area contributed by atoms with Crippen molar-refractivity contribution in [3.8, 4) is 11.8 Å². The van der Waals surface area contributed by atoms with Crippen molar-refractivity contribution in [1.29, 1.82) is 0 Å². The number of rotatable bonds is 3. The molecular formula is C8H10NO2. The Bertz CT molecular complexity index is 225. The molecule has 0 N–H and O–H groups in total. The van der Waals surface area contributed by atoms with E-state index in [1.807, 2.05) is 6.92 Å². The van der Waals surface area contributed by atoms with Crippen molar-refractivity contribution in [2.45, 2.75) is 6.92 Å². The normalized spacial score (nSPS) is 9.27. The monoisotopic (exact) mass is 152 g/mol. The molecule has 0 aromatic carbocycles. The molecule has 0 atom stereocenters. The van der Waals surface area contributed by atoms with Crippen molar-refractivity contribution < 1.29 is 9.47 Å². The molecule has 0 aliphatic carbocycles. The van der Waals surface area contributed by atoms with Gasteiger partial charge in [-0.25, -0.2) is 0 Å². The van der Waals surface area contributed by atoms with Crippen molar-refractivity contribution in [1.82, 2.24) is 4.98 Å². The van der Waals surface area contributed by atoms with Gasteiger partial charge in [-0.3, -0.25) is 0 Å². The van der Waals surface area contributed by atoms with E-state index in [9.17, 15) is 0 Å². The lowest BCUT2D eigenvalue weighted by atomic mass is 10.5. The second kappa shape index (κ2) is 3.81. The van der Waals surface area contributed by atoms with Gasteiger partial charge in [0.05, 0.1) is 13.7 Å². The number of methoxy groups -OCH3 is 1. The van der Waals surface area contributed by atoms with E-state index in [2.05, 4.69) is 11.1 Å². The molecule has 0 saturated carbocycles. The molecule has 0 aliphatic heterocycles. The molecule has 0 unspecified atom stereocenters. The zero-order valence-corrected chi connectivity index (χ0v) is 6.63. The molecule has 59 valence electrons. The third-order valence-electron chi connectivity index (χ3n) is 1.13. The number of nitrogens with zero attached hydrogens (tertiary/aromatic N) is 1. The summed E-state index contributed by atoms with van der Waals surface area (Å²) in [6.45, 7) is 2.52. The molecule has 0 spiro atoms. The van der Waals surface area contributed by atoms with E-state index in [-0.39, 0.29) is 0 Å². The fourth-order valence-electron chi connectivity index (χ4n) is 0.687. The van der Waals surface area contributed by atoms with Gasteiger partial charge in [-0.05, 0) is 13.0 Å². The van der Waals surface area contributed by atoms with Crippen LogP contribution in [0.3, 0.4) is 0 Å². The predicted molar refractivity (Wildman–Crippen MR) is 40.8 cm³/mol. The Hall–Kier alpha value is -1.25. The molecule has 1 aromatic rings. The summed E-state index contributed by atoms with van der Waals surface area (Å²) in [6, 6.07) is 6.26. The van der Waals surface area contributed by atoms with Gasteiger partial charge in [-0.2, -0.15) is 4.98 Å². The molecule has 0 aliphatic rings. The maximum Gasteiger partial charge on any atom is 0.224 e. The van der Waals surface area contributed by atoms with Crippen molar-refractivity contribution in [3.63, 3.8) is 0 Å². The van der Waals surface area contributed by atoms with E-state index in [0.717, 1.165) is 0 Å². The van der Waals surface area contributed by atoms with Gasteiger partial charge in [0, 0.05) is 12.1 Å². The molecule has 11 heavy (non-hydrogen) atoms. The topological polar surface area (TPSA) is 31.4 Å². The highest BCUT2D eigenvalue weighted by Gasteiger charge is 1.95. The van der Waals surface area contributed by atoms with E-state index < -0.39 is 0 Å². The van der Waals surface area contributed by atoms with Gasteiger partial charge in [0.2, 0.25) is 11.8 Å². The maximum atomic E-state index is 5.14. The predicted octanol–water partition coefficient (Wildman–Crippen LogP) is 1.29. The third-order valence-corrected chi connectivity index (χ3v) is 1.13. The molecule has 3 nitrogen and oxygen atoms in total. The van der Waals surface area contributed by atoms with Gasteiger partial charge in [0.25, 0.3) is 0 Å². The van der Waals surface area contributed by atoms with Crippen LogP contribution < -0.4 is 9.47 Å². The van der Waals surface area contributed by atoms with Crippen LogP contribution in [-0.2, 0) is 0 Å². The molecule has 1 aromatic heterocycles. The maximum absolute atomic E-state index is 5.14. The van der Waals surface area contributed by atoms with Crippen molar-refractivity contribution in [2.75, 3.05) is 13.7 Å². The minimum absolute atomic E-state index is 0.455. The first-order valence-corrected chi connectivity index (χ1v) is 3.42. The molecule has 1 radical (unpaired) electrons. The second-order valence-electron chi connectivity index (χ2n) is 1.87. The van der Waals surface area contributed by atoms with Crippen molar-refractivity contribution >= 4 is 0 Å². The third kappa shape index (κ3) is 2.11. The van der Waals surface area contributed by atoms with Gasteiger partial charge in [-0.15, -0.1) is 0 Å². The Morgan fingerprint density at radius 1 is 1.64 bits per heavy atom. The SMILES string of the molecule is CCOc1cc[c]c(OC)n1. The molecule has 1 heterocycles. The van der Waals surface area contributed by atoms with Gasteiger partial charge >= 0.3 is 0 Å². The average Bonchev–Trinajstić information content (AvgIpc) is 2.06. The summed E-state index contributed by atoms with van der Waals surface area (Å²) in [7, 11) is 1.55. The lowest BCUT2D eigenvalue weighted by molar-refractivity contribution is 0.316. The van der Waals surface area contributed by atoms with Gasteiger partial charge in [0.15, 0.2) is 0 Å². The van der Waals surface area contributed by atoms with Crippen LogP contribution in [0, 0.1) is 6.07 Å². The Morgan fingerprint density at radius 2 is 2.45 bits per heavy atom. The number of hydrogen-bond acceptors (Lipinski definition) is 3. The molecule has 0 bridgehead atoms. The molecule has 0 fully saturated rings. The Kier molecular flexibility index (Phi) is 2.72. The van der Waals surface area contributed by atoms with E-state index in [1.54, 1.807) is 19.2 Å². The van der Waals surface area contributed by atoms with E-state index in [4.69, 9.17) is 9.47 Å². The van der Waals surface area contributed by atoms with Crippen LogP contribution in [0.2, 0.25) is 0 Å². The first-order valence-electron chi connectivity index (χ1n) is 3.42. The van der Waals surface area contributed by atoms with Gasteiger partial charge in [-0.1, -0.05) is 0 Å². The number of hydrogen-bond donors (Lipinski definition) is 0. The number of aromatic nitrogens is 1. The van der Waals surface area contributed by atoms with Gasteiger partial charge < -0.3 is 9.47 Å². The van der Waals surface area contributed by atoms with Crippen LogP contribution in [0.1, 0.15) is 6.92 Å². The minimum Gasteiger partial charge on any atom is -0.480 e. The summed E-state index contributed by atoms with van der Waals surface area (Å²) in [4.78, 5) is 3.98.